The van der Waals surface area contributed by atoms with Crippen LogP contribution in [0, 0.1) is 6.92 Å². The number of carbonyl (C=O) groups is 1. The Morgan fingerprint density at radius 2 is 1.74 bits per heavy atom. The van der Waals surface area contributed by atoms with Gasteiger partial charge in [-0.3, -0.25) is 4.98 Å². The molecule has 0 aliphatic heterocycles. The molecule has 31 heavy (non-hydrogen) atoms. The Morgan fingerprint density at radius 1 is 1.00 bits per heavy atom. The van der Waals surface area contributed by atoms with Gasteiger partial charge in [0.2, 0.25) is 11.9 Å². The first kappa shape index (κ1) is 20.2. The van der Waals surface area contributed by atoms with E-state index in [9.17, 15) is 4.79 Å². The van der Waals surface area contributed by atoms with Gasteiger partial charge < -0.3 is 15.8 Å². The summed E-state index contributed by atoms with van der Waals surface area (Å²) in [6.07, 6.45) is 0.718. The Hall–Kier alpha value is -4.07. The fraction of sp³-hybridized carbons (Fsp3) is 0.174. The molecule has 0 aliphatic rings. The van der Waals surface area contributed by atoms with E-state index in [1.165, 1.54) is 0 Å². The van der Waals surface area contributed by atoms with Gasteiger partial charge in [-0.15, -0.1) is 0 Å². The second-order valence-electron chi connectivity index (χ2n) is 6.93. The third kappa shape index (κ3) is 4.42. The predicted octanol–water partition coefficient (Wildman–Crippen LogP) is 3.97. The summed E-state index contributed by atoms with van der Waals surface area (Å²) in [6, 6.07) is 17.0. The van der Waals surface area contributed by atoms with Crippen molar-refractivity contribution in [3.8, 4) is 0 Å². The molecule has 3 N–H and O–H groups in total. The van der Waals surface area contributed by atoms with Crippen LogP contribution in [0.5, 0.6) is 0 Å². The van der Waals surface area contributed by atoms with Gasteiger partial charge in [-0.25, -0.2) is 4.79 Å². The normalized spacial score (nSPS) is 10.8. The Labute approximate surface area is 179 Å². The van der Waals surface area contributed by atoms with Crippen LogP contribution in [0.1, 0.15) is 34.4 Å². The summed E-state index contributed by atoms with van der Waals surface area (Å²) >= 11 is 0. The number of carbonyl (C=O) groups excluding carboxylic acids is 1. The van der Waals surface area contributed by atoms with Crippen LogP contribution >= 0.6 is 0 Å². The minimum absolute atomic E-state index is 0.0401. The van der Waals surface area contributed by atoms with Crippen molar-refractivity contribution >= 4 is 34.5 Å². The van der Waals surface area contributed by atoms with Gasteiger partial charge in [0.15, 0.2) is 12.4 Å². The van der Waals surface area contributed by atoms with Gasteiger partial charge in [0.1, 0.15) is 0 Å². The van der Waals surface area contributed by atoms with E-state index < -0.39 is 5.97 Å². The Morgan fingerprint density at radius 3 is 2.52 bits per heavy atom. The van der Waals surface area contributed by atoms with Crippen LogP contribution in [0.15, 0.2) is 54.6 Å². The highest BCUT2D eigenvalue weighted by atomic mass is 16.5. The van der Waals surface area contributed by atoms with Crippen LogP contribution in [-0.4, -0.2) is 25.9 Å². The molecule has 0 unspecified atom stereocenters. The van der Waals surface area contributed by atoms with E-state index in [1.807, 2.05) is 68.4 Å². The second kappa shape index (κ2) is 8.74. The number of anilines is 3. The Bertz CT molecular complexity index is 1240. The zero-order valence-corrected chi connectivity index (χ0v) is 17.3. The topological polar surface area (TPSA) is 116 Å². The van der Waals surface area contributed by atoms with Gasteiger partial charge in [-0.1, -0.05) is 43.3 Å². The molecule has 4 rings (SSSR count). The number of aromatic nitrogens is 4. The molecule has 0 spiro atoms. The summed E-state index contributed by atoms with van der Waals surface area (Å²) in [7, 11) is 0. The molecule has 0 amide bonds. The van der Waals surface area contributed by atoms with E-state index in [2.05, 4.69) is 25.3 Å². The van der Waals surface area contributed by atoms with Gasteiger partial charge in [0.25, 0.3) is 0 Å². The summed E-state index contributed by atoms with van der Waals surface area (Å²) in [4.78, 5) is 30.1. The molecule has 2 aromatic carbocycles. The fourth-order valence-corrected chi connectivity index (χ4v) is 3.38. The zero-order valence-electron chi connectivity index (χ0n) is 17.3. The molecule has 8 heteroatoms. The van der Waals surface area contributed by atoms with Crippen LogP contribution in [0.25, 0.3) is 10.9 Å². The van der Waals surface area contributed by atoms with E-state index in [4.69, 9.17) is 10.5 Å². The number of benzene rings is 2. The quantitative estimate of drug-likeness (QED) is 0.455. The van der Waals surface area contributed by atoms with Crippen LogP contribution in [0.4, 0.5) is 17.6 Å². The number of para-hydroxylation sites is 2. The Balaban J connectivity index is 1.58. The van der Waals surface area contributed by atoms with Gasteiger partial charge in [0.05, 0.1) is 11.1 Å². The number of fused-ring (bicyclic) bond motifs is 1. The first-order valence-corrected chi connectivity index (χ1v) is 9.93. The third-order valence-electron chi connectivity index (χ3n) is 4.84. The summed E-state index contributed by atoms with van der Waals surface area (Å²) < 4.78 is 5.56. The van der Waals surface area contributed by atoms with Crippen LogP contribution < -0.4 is 11.1 Å². The fourth-order valence-electron chi connectivity index (χ4n) is 3.38. The highest BCUT2D eigenvalue weighted by molar-refractivity contribution is 6.04. The summed E-state index contributed by atoms with van der Waals surface area (Å²) in [6.45, 7) is 3.76. The lowest BCUT2D eigenvalue weighted by atomic mass is 10.0. The van der Waals surface area contributed by atoms with E-state index in [-0.39, 0.29) is 24.3 Å². The number of hydrogen-bond acceptors (Lipinski definition) is 8. The first-order valence-electron chi connectivity index (χ1n) is 9.93. The zero-order chi connectivity index (χ0) is 21.8. The average molecular weight is 414 g/mol. The molecule has 2 aromatic heterocycles. The lowest BCUT2D eigenvalue weighted by Gasteiger charge is -2.13. The molecule has 0 aliphatic carbocycles. The number of rotatable bonds is 6. The second-order valence-corrected chi connectivity index (χ2v) is 6.93. The maximum absolute atomic E-state index is 13.0. The number of nitrogens with one attached hydrogen (secondary N) is 1. The van der Waals surface area contributed by atoms with Gasteiger partial charge in [0, 0.05) is 16.8 Å². The van der Waals surface area contributed by atoms with Gasteiger partial charge in [-0.05, 0) is 37.1 Å². The molecule has 0 saturated heterocycles. The molecule has 0 atom stereocenters. The number of nitrogens with zero attached hydrogens (tertiary/aromatic N) is 4. The van der Waals surface area contributed by atoms with Crippen LogP contribution in [-0.2, 0) is 17.8 Å². The van der Waals surface area contributed by atoms with Crippen molar-refractivity contribution in [3.05, 3.63) is 77.2 Å². The van der Waals surface area contributed by atoms with Crippen molar-refractivity contribution in [1.82, 2.24) is 19.9 Å². The van der Waals surface area contributed by atoms with Crippen molar-refractivity contribution in [2.45, 2.75) is 26.9 Å². The number of nitrogens with two attached hydrogens (primary N) is 1. The maximum atomic E-state index is 13.0. The number of esters is 1. The van der Waals surface area contributed by atoms with Gasteiger partial charge in [-0.2, -0.15) is 15.0 Å². The largest absolute Gasteiger partial charge is 0.454 e. The van der Waals surface area contributed by atoms with Crippen molar-refractivity contribution in [3.63, 3.8) is 0 Å². The summed E-state index contributed by atoms with van der Waals surface area (Å²) in [5.41, 5.74) is 9.57. The highest BCUT2D eigenvalue weighted by Crippen LogP contribution is 2.24. The molecule has 4 aromatic rings. The lowest BCUT2D eigenvalue weighted by Crippen LogP contribution is -2.13. The van der Waals surface area contributed by atoms with Crippen LogP contribution in [0.3, 0.4) is 0 Å². The molecular weight excluding hydrogens is 392 g/mol. The van der Waals surface area contributed by atoms with Gasteiger partial charge >= 0.3 is 5.97 Å². The minimum atomic E-state index is -0.456. The molecular formula is C23H22N6O2. The minimum Gasteiger partial charge on any atom is -0.454 e. The molecule has 156 valence electrons. The number of hydrogen-bond donors (Lipinski definition) is 2. The summed E-state index contributed by atoms with van der Waals surface area (Å²) in [5.74, 6) is 0.121. The third-order valence-corrected chi connectivity index (χ3v) is 4.84. The van der Waals surface area contributed by atoms with Crippen molar-refractivity contribution in [2.75, 3.05) is 11.1 Å². The van der Waals surface area contributed by atoms with Crippen LogP contribution in [0.2, 0.25) is 0 Å². The van der Waals surface area contributed by atoms with Crippen molar-refractivity contribution in [1.29, 1.82) is 0 Å². The molecule has 0 radical (unpaired) electrons. The SMILES string of the molecule is CCc1nc2ccccc2c(C(=O)OCc2nc(N)nc(Nc3ccccc3)n2)c1C. The number of ether oxygens (including phenoxy) is 1. The molecule has 0 bridgehead atoms. The van der Waals surface area contributed by atoms with E-state index >= 15 is 0 Å². The average Bonchev–Trinajstić information content (AvgIpc) is 2.77. The number of pyridine rings is 1. The van der Waals surface area contributed by atoms with E-state index in [1.54, 1.807) is 0 Å². The molecule has 2 heterocycles. The van der Waals surface area contributed by atoms with E-state index in [0.29, 0.717) is 5.56 Å². The standard InChI is InChI=1S/C23H22N6O2/c1-3-17-14(2)20(16-11-7-8-12-18(16)26-17)21(30)31-13-19-27-22(24)29-23(28-19)25-15-9-5-4-6-10-15/h4-12H,3,13H2,1-2H3,(H3,24,25,27,28,29). The van der Waals surface area contributed by atoms with Crippen molar-refractivity contribution in [2.24, 2.45) is 0 Å². The number of aryl methyl sites for hydroxylation is 1. The van der Waals surface area contributed by atoms with E-state index in [0.717, 1.165) is 34.3 Å². The summed E-state index contributed by atoms with van der Waals surface area (Å²) in [5, 5.41) is 3.82. The monoisotopic (exact) mass is 414 g/mol. The highest BCUT2D eigenvalue weighted by Gasteiger charge is 2.19. The predicted molar refractivity (Wildman–Crippen MR) is 119 cm³/mol. The first-order chi connectivity index (χ1) is 15.0. The smallest absolute Gasteiger partial charge is 0.339 e. The number of nitrogen functional groups attached to an aromatic ring is 1. The van der Waals surface area contributed by atoms with Crippen molar-refractivity contribution < 1.29 is 9.53 Å². The molecule has 0 fully saturated rings. The maximum Gasteiger partial charge on any atom is 0.339 e. The molecule has 8 nitrogen and oxygen atoms in total. The Kier molecular flexibility index (Phi) is 5.70. The lowest BCUT2D eigenvalue weighted by molar-refractivity contribution is 0.0463. The molecule has 0 saturated carbocycles.